The van der Waals surface area contributed by atoms with Gasteiger partial charge < -0.3 is 20.1 Å². The van der Waals surface area contributed by atoms with Gasteiger partial charge >= 0.3 is 0 Å². The van der Waals surface area contributed by atoms with Gasteiger partial charge in [0.1, 0.15) is 0 Å². The van der Waals surface area contributed by atoms with E-state index in [9.17, 15) is 0 Å². The molecule has 2 atom stereocenters. The monoisotopic (exact) mass is 230 g/mol. The SMILES string of the molecule is COCCCC(N)CN(C)CC1CCCO1. The van der Waals surface area contributed by atoms with E-state index in [1.54, 1.807) is 7.11 Å². The first-order valence-corrected chi connectivity index (χ1v) is 6.27. The van der Waals surface area contributed by atoms with Gasteiger partial charge in [-0.25, -0.2) is 0 Å². The lowest BCUT2D eigenvalue weighted by Gasteiger charge is -2.23. The zero-order valence-corrected chi connectivity index (χ0v) is 10.7. The Kier molecular flexibility index (Phi) is 6.96. The molecule has 0 saturated carbocycles. The number of likely N-dealkylation sites (N-methyl/N-ethyl adjacent to an activating group) is 1. The Morgan fingerprint density at radius 2 is 2.38 bits per heavy atom. The smallest absolute Gasteiger partial charge is 0.0702 e. The number of hydrogen-bond donors (Lipinski definition) is 1. The van der Waals surface area contributed by atoms with E-state index in [1.165, 1.54) is 12.8 Å². The number of methoxy groups -OCH3 is 1. The van der Waals surface area contributed by atoms with Crippen molar-refractivity contribution in [3.8, 4) is 0 Å². The molecule has 4 nitrogen and oxygen atoms in total. The van der Waals surface area contributed by atoms with Gasteiger partial charge in [-0.1, -0.05) is 0 Å². The van der Waals surface area contributed by atoms with E-state index in [4.69, 9.17) is 15.2 Å². The van der Waals surface area contributed by atoms with Crippen LogP contribution >= 0.6 is 0 Å². The summed E-state index contributed by atoms with van der Waals surface area (Å²) in [6, 6.07) is 0.251. The van der Waals surface area contributed by atoms with Crippen LogP contribution in [0.5, 0.6) is 0 Å². The Labute approximate surface area is 99.1 Å². The van der Waals surface area contributed by atoms with E-state index in [1.807, 2.05) is 0 Å². The van der Waals surface area contributed by atoms with Gasteiger partial charge in [0.2, 0.25) is 0 Å². The van der Waals surface area contributed by atoms with Crippen LogP contribution in [0.4, 0.5) is 0 Å². The number of hydrogen-bond acceptors (Lipinski definition) is 4. The molecule has 0 aromatic carbocycles. The van der Waals surface area contributed by atoms with Gasteiger partial charge in [0.15, 0.2) is 0 Å². The molecule has 1 aliphatic heterocycles. The van der Waals surface area contributed by atoms with Crippen molar-refractivity contribution >= 4 is 0 Å². The van der Waals surface area contributed by atoms with Gasteiger partial charge in [-0.3, -0.25) is 0 Å². The van der Waals surface area contributed by atoms with Gasteiger partial charge in [-0.05, 0) is 32.7 Å². The molecule has 1 saturated heterocycles. The van der Waals surface area contributed by atoms with Crippen molar-refractivity contribution in [3.63, 3.8) is 0 Å². The lowest BCUT2D eigenvalue weighted by Crippen LogP contribution is -2.39. The second kappa shape index (κ2) is 8.01. The first-order valence-electron chi connectivity index (χ1n) is 6.27. The lowest BCUT2D eigenvalue weighted by atomic mass is 10.1. The molecule has 16 heavy (non-hydrogen) atoms. The number of rotatable bonds is 8. The average Bonchev–Trinajstić information content (AvgIpc) is 2.70. The normalized spacial score (nSPS) is 22.9. The molecule has 1 rings (SSSR count). The predicted octanol–water partition coefficient (Wildman–Crippen LogP) is 0.851. The van der Waals surface area contributed by atoms with Crippen LogP contribution in [-0.2, 0) is 9.47 Å². The molecule has 0 aromatic heterocycles. The van der Waals surface area contributed by atoms with Crippen molar-refractivity contribution < 1.29 is 9.47 Å². The van der Waals surface area contributed by atoms with Crippen molar-refractivity contribution in [1.29, 1.82) is 0 Å². The molecule has 0 radical (unpaired) electrons. The van der Waals surface area contributed by atoms with Crippen molar-refractivity contribution in [1.82, 2.24) is 4.90 Å². The molecular formula is C12H26N2O2. The van der Waals surface area contributed by atoms with Crippen LogP contribution < -0.4 is 5.73 Å². The van der Waals surface area contributed by atoms with Crippen LogP contribution in [0, 0.1) is 0 Å². The summed E-state index contributed by atoms with van der Waals surface area (Å²) in [6.07, 6.45) is 4.91. The second-order valence-electron chi connectivity index (χ2n) is 4.75. The Bertz CT molecular complexity index is 172. The lowest BCUT2D eigenvalue weighted by molar-refractivity contribution is 0.0790. The van der Waals surface area contributed by atoms with E-state index < -0.39 is 0 Å². The second-order valence-corrected chi connectivity index (χ2v) is 4.75. The topological polar surface area (TPSA) is 47.7 Å². The van der Waals surface area contributed by atoms with E-state index >= 15 is 0 Å². The minimum absolute atomic E-state index is 0.251. The van der Waals surface area contributed by atoms with Crippen LogP contribution in [0.3, 0.4) is 0 Å². The van der Waals surface area contributed by atoms with E-state index in [0.29, 0.717) is 6.10 Å². The summed E-state index contributed by atoms with van der Waals surface area (Å²) in [5, 5.41) is 0. The number of ether oxygens (including phenoxy) is 2. The fourth-order valence-corrected chi connectivity index (χ4v) is 2.19. The molecule has 0 bridgehead atoms. The maximum absolute atomic E-state index is 6.05. The largest absolute Gasteiger partial charge is 0.385 e. The summed E-state index contributed by atoms with van der Waals surface area (Å²) in [5.74, 6) is 0. The molecule has 2 N–H and O–H groups in total. The first-order chi connectivity index (χ1) is 7.72. The molecule has 0 spiro atoms. The summed E-state index contributed by atoms with van der Waals surface area (Å²) in [4.78, 5) is 2.29. The molecule has 0 amide bonds. The Hall–Kier alpha value is -0.160. The molecule has 1 fully saturated rings. The van der Waals surface area contributed by atoms with Crippen LogP contribution in [0.15, 0.2) is 0 Å². The summed E-state index contributed by atoms with van der Waals surface area (Å²) < 4.78 is 10.6. The maximum Gasteiger partial charge on any atom is 0.0702 e. The summed E-state index contributed by atoms with van der Waals surface area (Å²) in [6.45, 7) is 3.70. The third-order valence-electron chi connectivity index (χ3n) is 3.01. The fraction of sp³-hybridized carbons (Fsp3) is 1.00. The van der Waals surface area contributed by atoms with Gasteiger partial charge in [-0.2, -0.15) is 0 Å². The minimum atomic E-state index is 0.251. The molecule has 1 heterocycles. The molecule has 1 aliphatic rings. The van der Waals surface area contributed by atoms with Crippen molar-refractivity contribution in [3.05, 3.63) is 0 Å². The van der Waals surface area contributed by atoms with Gasteiger partial charge in [0.05, 0.1) is 6.10 Å². The van der Waals surface area contributed by atoms with E-state index in [0.717, 1.165) is 39.1 Å². The summed E-state index contributed by atoms with van der Waals surface area (Å²) in [7, 11) is 3.85. The Balaban J connectivity index is 2.05. The average molecular weight is 230 g/mol. The first kappa shape index (κ1) is 13.9. The Morgan fingerprint density at radius 1 is 1.56 bits per heavy atom. The standard InChI is InChI=1S/C12H26N2O2/c1-14(10-12-6-4-8-16-12)9-11(13)5-3-7-15-2/h11-12H,3-10,13H2,1-2H3. The van der Waals surface area contributed by atoms with Gasteiger partial charge in [-0.15, -0.1) is 0 Å². The number of nitrogens with zero attached hydrogens (tertiary/aromatic N) is 1. The van der Waals surface area contributed by atoms with Gasteiger partial charge in [0.25, 0.3) is 0 Å². The van der Waals surface area contributed by atoms with Crippen molar-refractivity contribution in [2.24, 2.45) is 5.73 Å². The van der Waals surface area contributed by atoms with E-state index in [-0.39, 0.29) is 6.04 Å². The van der Waals surface area contributed by atoms with Crippen molar-refractivity contribution in [2.45, 2.75) is 37.8 Å². The number of nitrogens with two attached hydrogens (primary N) is 1. The fourth-order valence-electron chi connectivity index (χ4n) is 2.19. The quantitative estimate of drug-likeness (QED) is 0.628. The molecule has 0 aliphatic carbocycles. The summed E-state index contributed by atoms with van der Waals surface area (Å²) in [5.41, 5.74) is 6.05. The highest BCUT2D eigenvalue weighted by Crippen LogP contribution is 2.12. The molecular weight excluding hydrogens is 204 g/mol. The zero-order valence-electron chi connectivity index (χ0n) is 10.7. The highest BCUT2D eigenvalue weighted by molar-refractivity contribution is 4.72. The van der Waals surface area contributed by atoms with Gasteiger partial charge in [0, 0.05) is 39.5 Å². The van der Waals surface area contributed by atoms with Crippen LogP contribution in [0.2, 0.25) is 0 Å². The summed E-state index contributed by atoms with van der Waals surface area (Å²) >= 11 is 0. The molecule has 4 heteroatoms. The molecule has 2 unspecified atom stereocenters. The van der Waals surface area contributed by atoms with Crippen LogP contribution in [-0.4, -0.2) is 57.5 Å². The third-order valence-corrected chi connectivity index (χ3v) is 3.01. The third kappa shape index (κ3) is 5.80. The highest BCUT2D eigenvalue weighted by Gasteiger charge is 2.18. The van der Waals surface area contributed by atoms with E-state index in [2.05, 4.69) is 11.9 Å². The zero-order chi connectivity index (χ0) is 11.8. The van der Waals surface area contributed by atoms with Crippen LogP contribution in [0.25, 0.3) is 0 Å². The molecule has 96 valence electrons. The predicted molar refractivity (Wildman–Crippen MR) is 65.6 cm³/mol. The highest BCUT2D eigenvalue weighted by atomic mass is 16.5. The minimum Gasteiger partial charge on any atom is -0.385 e. The van der Waals surface area contributed by atoms with Crippen LogP contribution in [0.1, 0.15) is 25.7 Å². The molecule has 0 aromatic rings. The Morgan fingerprint density at radius 3 is 3.00 bits per heavy atom. The maximum atomic E-state index is 6.05. The van der Waals surface area contributed by atoms with Crippen molar-refractivity contribution in [2.75, 3.05) is 40.5 Å².